The van der Waals surface area contributed by atoms with Crippen LogP contribution in [0, 0.1) is 0 Å². The summed E-state index contributed by atoms with van der Waals surface area (Å²) in [6.07, 6.45) is 0. The fourth-order valence-electron chi connectivity index (χ4n) is 2.97. The molecule has 1 fully saturated rings. The van der Waals surface area contributed by atoms with Gasteiger partial charge in [0.05, 0.1) is 7.11 Å². The van der Waals surface area contributed by atoms with Gasteiger partial charge in [0.25, 0.3) is 5.91 Å². The van der Waals surface area contributed by atoms with E-state index in [1.54, 1.807) is 25.3 Å². The Kier molecular flexibility index (Phi) is 7.78. The van der Waals surface area contributed by atoms with Crippen molar-refractivity contribution in [1.82, 2.24) is 10.2 Å². The van der Waals surface area contributed by atoms with Crippen molar-refractivity contribution in [3.8, 4) is 11.5 Å². The highest BCUT2D eigenvalue weighted by Crippen LogP contribution is 2.29. The molecule has 1 N–H and O–H groups in total. The van der Waals surface area contributed by atoms with Crippen LogP contribution in [0.15, 0.2) is 42.5 Å². The van der Waals surface area contributed by atoms with Crippen molar-refractivity contribution < 1.29 is 14.3 Å². The van der Waals surface area contributed by atoms with Crippen LogP contribution in [-0.2, 0) is 6.61 Å². The molecule has 1 atom stereocenters. The minimum atomic E-state index is 0. The van der Waals surface area contributed by atoms with Crippen molar-refractivity contribution in [2.24, 2.45) is 0 Å². The lowest BCUT2D eigenvalue weighted by Gasteiger charge is -2.34. The molecule has 146 valence electrons. The van der Waals surface area contributed by atoms with Gasteiger partial charge in [-0.1, -0.05) is 23.7 Å². The van der Waals surface area contributed by atoms with Crippen molar-refractivity contribution in [2.45, 2.75) is 19.6 Å². The number of benzene rings is 2. The van der Waals surface area contributed by atoms with E-state index in [1.165, 1.54) is 0 Å². The predicted octanol–water partition coefficient (Wildman–Crippen LogP) is 3.78. The molecule has 1 heterocycles. The standard InChI is InChI=1S/C20H23ClN2O3.ClH/c1-14-12-22-9-10-23(14)20(24)16-5-8-18(19(11-16)25-2)26-13-15-3-6-17(21)7-4-15;/h3-8,11,14,22H,9-10,12-13H2,1-2H3;1H/t14-;/m0./s1. The van der Waals surface area contributed by atoms with Gasteiger partial charge in [-0.15, -0.1) is 12.4 Å². The van der Waals surface area contributed by atoms with E-state index in [0.717, 1.165) is 18.7 Å². The molecule has 2 aromatic carbocycles. The van der Waals surface area contributed by atoms with Gasteiger partial charge in [0.1, 0.15) is 6.61 Å². The zero-order valence-electron chi connectivity index (χ0n) is 15.4. The lowest BCUT2D eigenvalue weighted by molar-refractivity contribution is 0.0655. The van der Waals surface area contributed by atoms with Gasteiger partial charge in [-0.25, -0.2) is 0 Å². The Balaban J connectivity index is 0.00000261. The molecule has 7 heteroatoms. The normalized spacial score (nSPS) is 16.4. The third-order valence-electron chi connectivity index (χ3n) is 4.48. The third-order valence-corrected chi connectivity index (χ3v) is 4.73. The molecule has 0 aliphatic carbocycles. The van der Waals surface area contributed by atoms with Crippen LogP contribution in [0.3, 0.4) is 0 Å². The molecule has 0 aromatic heterocycles. The first-order valence-electron chi connectivity index (χ1n) is 8.65. The van der Waals surface area contributed by atoms with Crippen molar-refractivity contribution in [1.29, 1.82) is 0 Å². The monoisotopic (exact) mass is 410 g/mol. The Labute approximate surface area is 171 Å². The molecule has 1 aliphatic heterocycles. The summed E-state index contributed by atoms with van der Waals surface area (Å²) in [5.41, 5.74) is 1.61. The van der Waals surface area contributed by atoms with Crippen molar-refractivity contribution in [2.75, 3.05) is 26.7 Å². The van der Waals surface area contributed by atoms with Crippen LogP contribution in [0.4, 0.5) is 0 Å². The van der Waals surface area contributed by atoms with E-state index in [4.69, 9.17) is 21.1 Å². The van der Waals surface area contributed by atoms with Crippen LogP contribution in [-0.4, -0.2) is 43.6 Å². The second kappa shape index (κ2) is 9.83. The number of hydrogen-bond donors (Lipinski definition) is 1. The number of carbonyl (C=O) groups is 1. The van der Waals surface area contributed by atoms with Gasteiger partial charge < -0.3 is 19.7 Å². The maximum absolute atomic E-state index is 12.8. The number of nitrogens with zero attached hydrogens (tertiary/aromatic N) is 1. The lowest BCUT2D eigenvalue weighted by atomic mass is 10.1. The number of amides is 1. The van der Waals surface area contributed by atoms with Crippen LogP contribution < -0.4 is 14.8 Å². The van der Waals surface area contributed by atoms with Gasteiger partial charge in [0, 0.05) is 36.3 Å². The van der Waals surface area contributed by atoms with Crippen molar-refractivity contribution in [3.05, 3.63) is 58.6 Å². The van der Waals surface area contributed by atoms with Crippen LogP contribution in [0.1, 0.15) is 22.8 Å². The highest BCUT2D eigenvalue weighted by atomic mass is 35.5. The average molecular weight is 411 g/mol. The summed E-state index contributed by atoms with van der Waals surface area (Å²) < 4.78 is 11.3. The second-order valence-electron chi connectivity index (χ2n) is 6.33. The third kappa shape index (κ3) is 5.28. The number of piperazine rings is 1. The van der Waals surface area contributed by atoms with E-state index < -0.39 is 0 Å². The van der Waals surface area contributed by atoms with Crippen LogP contribution in [0.2, 0.25) is 5.02 Å². The van der Waals surface area contributed by atoms with Crippen molar-refractivity contribution in [3.63, 3.8) is 0 Å². The largest absolute Gasteiger partial charge is 0.493 e. The summed E-state index contributed by atoms with van der Waals surface area (Å²) in [6.45, 7) is 4.78. The lowest BCUT2D eigenvalue weighted by Crippen LogP contribution is -2.52. The molecule has 0 spiro atoms. The van der Waals surface area contributed by atoms with E-state index in [9.17, 15) is 4.79 Å². The Morgan fingerprint density at radius 3 is 2.63 bits per heavy atom. The minimum Gasteiger partial charge on any atom is -0.493 e. The zero-order valence-corrected chi connectivity index (χ0v) is 17.0. The number of carbonyl (C=O) groups excluding carboxylic acids is 1. The zero-order chi connectivity index (χ0) is 18.5. The van der Waals surface area contributed by atoms with Gasteiger partial charge in [0.15, 0.2) is 11.5 Å². The Morgan fingerprint density at radius 2 is 1.96 bits per heavy atom. The molecule has 27 heavy (non-hydrogen) atoms. The van der Waals surface area contributed by atoms with Gasteiger partial charge in [-0.05, 0) is 42.8 Å². The molecule has 1 aliphatic rings. The summed E-state index contributed by atoms with van der Waals surface area (Å²) in [4.78, 5) is 14.7. The molecule has 2 aromatic rings. The smallest absolute Gasteiger partial charge is 0.254 e. The Bertz CT molecular complexity index is 768. The summed E-state index contributed by atoms with van der Waals surface area (Å²) in [5.74, 6) is 1.17. The van der Waals surface area contributed by atoms with Crippen LogP contribution in [0.5, 0.6) is 11.5 Å². The maximum Gasteiger partial charge on any atom is 0.254 e. The molecule has 5 nitrogen and oxygen atoms in total. The van der Waals surface area contributed by atoms with E-state index in [0.29, 0.717) is 35.2 Å². The Hall–Kier alpha value is -1.95. The first-order valence-corrected chi connectivity index (χ1v) is 9.03. The highest BCUT2D eigenvalue weighted by Gasteiger charge is 2.24. The summed E-state index contributed by atoms with van der Waals surface area (Å²) >= 11 is 5.90. The van der Waals surface area contributed by atoms with E-state index in [1.807, 2.05) is 36.1 Å². The van der Waals surface area contributed by atoms with Gasteiger partial charge in [0.2, 0.25) is 0 Å². The van der Waals surface area contributed by atoms with E-state index in [2.05, 4.69) is 5.32 Å². The summed E-state index contributed by atoms with van der Waals surface area (Å²) in [7, 11) is 1.58. The fourth-order valence-corrected chi connectivity index (χ4v) is 3.10. The van der Waals surface area contributed by atoms with E-state index >= 15 is 0 Å². The molecule has 0 unspecified atom stereocenters. The number of methoxy groups -OCH3 is 1. The highest BCUT2D eigenvalue weighted by molar-refractivity contribution is 6.30. The number of hydrogen-bond acceptors (Lipinski definition) is 4. The number of ether oxygens (including phenoxy) is 2. The van der Waals surface area contributed by atoms with Crippen molar-refractivity contribution >= 4 is 29.9 Å². The molecule has 0 radical (unpaired) electrons. The SMILES string of the molecule is COc1cc(C(=O)N2CCNC[C@@H]2C)ccc1OCc1ccc(Cl)cc1.Cl. The minimum absolute atomic E-state index is 0. The Morgan fingerprint density at radius 1 is 1.22 bits per heavy atom. The number of nitrogens with one attached hydrogen (secondary N) is 1. The molecular formula is C20H24Cl2N2O3. The van der Waals surface area contributed by atoms with Crippen LogP contribution >= 0.6 is 24.0 Å². The summed E-state index contributed by atoms with van der Waals surface area (Å²) in [6, 6.07) is 13.0. The average Bonchev–Trinajstić information content (AvgIpc) is 2.67. The maximum atomic E-state index is 12.8. The van der Waals surface area contributed by atoms with E-state index in [-0.39, 0.29) is 24.4 Å². The first kappa shape index (κ1) is 21.4. The predicted molar refractivity (Wildman–Crippen MR) is 109 cm³/mol. The van der Waals surface area contributed by atoms with Crippen LogP contribution in [0.25, 0.3) is 0 Å². The topological polar surface area (TPSA) is 50.8 Å². The summed E-state index contributed by atoms with van der Waals surface area (Å²) in [5, 5.41) is 3.98. The number of rotatable bonds is 5. The first-order chi connectivity index (χ1) is 12.6. The molecule has 3 rings (SSSR count). The fraction of sp³-hybridized carbons (Fsp3) is 0.350. The molecule has 0 bridgehead atoms. The molecule has 0 saturated carbocycles. The molecule has 1 amide bonds. The van der Waals surface area contributed by atoms with Gasteiger partial charge in [-0.3, -0.25) is 4.79 Å². The van der Waals surface area contributed by atoms with Gasteiger partial charge in [-0.2, -0.15) is 0 Å². The molecular weight excluding hydrogens is 387 g/mol. The quantitative estimate of drug-likeness (QED) is 0.814. The van der Waals surface area contributed by atoms with Gasteiger partial charge >= 0.3 is 0 Å². The molecule has 1 saturated heterocycles. The second-order valence-corrected chi connectivity index (χ2v) is 6.77. The number of halogens is 2.